The molecule has 0 saturated carbocycles. The van der Waals surface area contributed by atoms with E-state index in [1.165, 1.54) is 10.4 Å². The summed E-state index contributed by atoms with van der Waals surface area (Å²) in [7, 11) is 0. The van der Waals surface area contributed by atoms with Crippen molar-refractivity contribution >= 4 is 27.4 Å². The number of aryl methyl sites for hydroxylation is 2. The molecule has 7 nitrogen and oxygen atoms in total. The summed E-state index contributed by atoms with van der Waals surface area (Å²) < 4.78 is 0. The smallest absolute Gasteiger partial charge is 0.181 e. The van der Waals surface area contributed by atoms with Crippen molar-refractivity contribution in [2.45, 2.75) is 20.4 Å². The number of rotatable bonds is 4. The van der Waals surface area contributed by atoms with Gasteiger partial charge < -0.3 is 5.32 Å². The lowest BCUT2D eigenvalue weighted by atomic mass is 10.2. The van der Waals surface area contributed by atoms with Crippen molar-refractivity contribution in [3.8, 4) is 11.4 Å². The molecule has 4 aromatic rings. The first-order valence-electron chi connectivity index (χ1n) is 7.48. The minimum absolute atomic E-state index is 0.512. The summed E-state index contributed by atoms with van der Waals surface area (Å²) in [6.45, 7) is 4.71. The van der Waals surface area contributed by atoms with Gasteiger partial charge in [-0.25, -0.2) is 15.0 Å². The zero-order chi connectivity index (χ0) is 16.5. The second-order valence-electron chi connectivity index (χ2n) is 5.38. The molecule has 8 heteroatoms. The fourth-order valence-electron chi connectivity index (χ4n) is 2.49. The minimum atomic E-state index is 0.512. The van der Waals surface area contributed by atoms with Crippen molar-refractivity contribution in [3.63, 3.8) is 0 Å². The van der Waals surface area contributed by atoms with Gasteiger partial charge in [0.2, 0.25) is 0 Å². The Hall–Kier alpha value is -2.87. The molecule has 4 aromatic heterocycles. The first-order valence-corrected chi connectivity index (χ1v) is 8.30. The first-order chi connectivity index (χ1) is 11.7. The maximum Gasteiger partial charge on any atom is 0.181 e. The number of fused-ring (bicyclic) bond motifs is 1. The monoisotopic (exact) mass is 337 g/mol. The molecule has 2 N–H and O–H groups in total. The number of aromatic nitrogens is 6. The maximum atomic E-state index is 4.51. The van der Waals surface area contributed by atoms with Crippen LogP contribution in [0, 0.1) is 13.8 Å². The van der Waals surface area contributed by atoms with E-state index >= 15 is 0 Å². The maximum absolute atomic E-state index is 4.51. The Morgan fingerprint density at radius 3 is 2.83 bits per heavy atom. The van der Waals surface area contributed by atoms with E-state index < -0.39 is 0 Å². The summed E-state index contributed by atoms with van der Waals surface area (Å²) in [4.78, 5) is 19.5. The van der Waals surface area contributed by atoms with E-state index in [2.05, 4.69) is 49.3 Å². The van der Waals surface area contributed by atoms with Crippen molar-refractivity contribution in [2.75, 3.05) is 5.32 Å². The number of hydrogen-bond acceptors (Lipinski definition) is 7. The quantitative estimate of drug-likeness (QED) is 0.594. The van der Waals surface area contributed by atoms with Gasteiger partial charge in [0, 0.05) is 22.8 Å². The molecule has 0 spiro atoms. The van der Waals surface area contributed by atoms with Crippen molar-refractivity contribution in [2.24, 2.45) is 0 Å². The normalized spacial score (nSPS) is 11.1. The third-order valence-corrected chi connectivity index (χ3v) is 4.97. The Bertz CT molecular complexity index is 990. The van der Waals surface area contributed by atoms with Gasteiger partial charge in [0.05, 0.1) is 11.9 Å². The van der Waals surface area contributed by atoms with Gasteiger partial charge in [-0.1, -0.05) is 0 Å². The van der Waals surface area contributed by atoms with Crippen molar-refractivity contribution in [1.29, 1.82) is 0 Å². The van der Waals surface area contributed by atoms with Crippen LogP contribution in [0.1, 0.15) is 16.3 Å². The molecule has 0 aliphatic heterocycles. The van der Waals surface area contributed by atoms with Crippen LogP contribution in [0.5, 0.6) is 0 Å². The molecule has 4 rings (SSSR count). The lowest BCUT2D eigenvalue weighted by molar-refractivity contribution is 0.948. The number of hydrogen-bond donors (Lipinski definition) is 2. The Morgan fingerprint density at radius 1 is 1.17 bits per heavy atom. The van der Waals surface area contributed by atoms with Gasteiger partial charge >= 0.3 is 0 Å². The van der Waals surface area contributed by atoms with Gasteiger partial charge in [-0.05, 0) is 31.5 Å². The Labute approximate surface area is 142 Å². The van der Waals surface area contributed by atoms with Crippen molar-refractivity contribution in [1.82, 2.24) is 30.1 Å². The third-order valence-electron chi connectivity index (χ3n) is 3.86. The third kappa shape index (κ3) is 2.61. The second kappa shape index (κ2) is 5.97. The zero-order valence-electron chi connectivity index (χ0n) is 13.2. The van der Waals surface area contributed by atoms with E-state index in [4.69, 9.17) is 0 Å². The number of aromatic amines is 1. The number of H-pyrrole nitrogens is 1. The van der Waals surface area contributed by atoms with Crippen LogP contribution < -0.4 is 5.32 Å². The predicted molar refractivity (Wildman–Crippen MR) is 93.8 cm³/mol. The van der Waals surface area contributed by atoms with Crippen LogP contribution in [0.3, 0.4) is 0 Å². The largest absolute Gasteiger partial charge is 0.362 e. The molecule has 0 saturated heterocycles. The minimum Gasteiger partial charge on any atom is -0.362 e. The van der Waals surface area contributed by atoms with E-state index in [1.54, 1.807) is 30.1 Å². The van der Waals surface area contributed by atoms with Crippen LogP contribution in [0.25, 0.3) is 21.6 Å². The Morgan fingerprint density at radius 2 is 2.00 bits per heavy atom. The molecule has 4 heterocycles. The Balaban J connectivity index is 1.57. The molecule has 24 heavy (non-hydrogen) atoms. The summed E-state index contributed by atoms with van der Waals surface area (Å²) in [5.41, 5.74) is 2.15. The van der Waals surface area contributed by atoms with Crippen LogP contribution in [-0.2, 0) is 6.54 Å². The molecule has 0 atom stereocenters. The molecule has 0 fully saturated rings. The molecule has 0 radical (unpaired) electrons. The average Bonchev–Trinajstić information content (AvgIpc) is 3.19. The summed E-state index contributed by atoms with van der Waals surface area (Å²) in [6, 6.07) is 3.76. The summed E-state index contributed by atoms with van der Waals surface area (Å²) in [5, 5.41) is 11.6. The molecular weight excluding hydrogens is 322 g/mol. The summed E-state index contributed by atoms with van der Waals surface area (Å²) in [5.74, 6) is 2.23. The molecule has 0 aliphatic rings. The molecule has 0 unspecified atom stereocenters. The van der Waals surface area contributed by atoms with Crippen LogP contribution in [0.2, 0.25) is 0 Å². The highest BCUT2D eigenvalue weighted by Crippen LogP contribution is 2.32. The van der Waals surface area contributed by atoms with Gasteiger partial charge in [0.1, 0.15) is 22.8 Å². The highest BCUT2D eigenvalue weighted by Gasteiger charge is 2.12. The van der Waals surface area contributed by atoms with E-state index in [0.717, 1.165) is 27.4 Å². The fourth-order valence-corrected chi connectivity index (χ4v) is 3.49. The van der Waals surface area contributed by atoms with Crippen LogP contribution in [0.15, 0.2) is 30.9 Å². The first kappa shape index (κ1) is 14.7. The fraction of sp³-hybridized carbons (Fsp3) is 0.188. The summed E-state index contributed by atoms with van der Waals surface area (Å²) in [6.07, 6.45) is 5.04. The molecule has 0 amide bonds. The standard InChI is InChI=1S/C16H15N7S/c1-9-10(2)24-16-13(9)15(19-8-20-16)18-7-12-21-14(23-22-12)11-3-5-17-6-4-11/h3-6,8H,7H2,1-2H3,(H,18,19,20)(H,21,22,23). The van der Waals surface area contributed by atoms with Gasteiger partial charge in [0.25, 0.3) is 0 Å². The number of pyridine rings is 1. The number of anilines is 1. The lowest BCUT2D eigenvalue weighted by Gasteiger charge is -2.05. The highest BCUT2D eigenvalue weighted by molar-refractivity contribution is 7.18. The average molecular weight is 337 g/mol. The van der Waals surface area contributed by atoms with Crippen LogP contribution in [-0.4, -0.2) is 30.1 Å². The van der Waals surface area contributed by atoms with E-state index in [-0.39, 0.29) is 0 Å². The molecule has 0 bridgehead atoms. The predicted octanol–water partition coefficient (Wildman–Crippen LogP) is 3.10. The highest BCUT2D eigenvalue weighted by atomic mass is 32.1. The summed E-state index contributed by atoms with van der Waals surface area (Å²) >= 11 is 1.68. The zero-order valence-corrected chi connectivity index (χ0v) is 14.1. The molecule has 0 aromatic carbocycles. The van der Waals surface area contributed by atoms with Gasteiger partial charge in [-0.2, -0.15) is 5.10 Å². The molecule has 0 aliphatic carbocycles. The lowest BCUT2D eigenvalue weighted by Crippen LogP contribution is -2.04. The van der Waals surface area contributed by atoms with E-state index in [0.29, 0.717) is 12.4 Å². The van der Waals surface area contributed by atoms with Gasteiger partial charge in [-0.15, -0.1) is 11.3 Å². The second-order valence-corrected chi connectivity index (χ2v) is 6.58. The van der Waals surface area contributed by atoms with E-state index in [1.807, 2.05) is 12.1 Å². The van der Waals surface area contributed by atoms with Gasteiger partial charge in [0.15, 0.2) is 5.82 Å². The van der Waals surface area contributed by atoms with Crippen LogP contribution >= 0.6 is 11.3 Å². The molecule has 120 valence electrons. The van der Waals surface area contributed by atoms with Gasteiger partial charge in [-0.3, -0.25) is 10.1 Å². The molecular formula is C16H15N7S. The topological polar surface area (TPSA) is 92.3 Å². The van der Waals surface area contributed by atoms with Crippen molar-refractivity contribution < 1.29 is 0 Å². The number of nitrogens with zero attached hydrogens (tertiary/aromatic N) is 5. The van der Waals surface area contributed by atoms with Crippen LogP contribution in [0.4, 0.5) is 5.82 Å². The van der Waals surface area contributed by atoms with E-state index in [9.17, 15) is 0 Å². The number of nitrogens with one attached hydrogen (secondary N) is 2. The number of thiophene rings is 1. The van der Waals surface area contributed by atoms with Crippen molar-refractivity contribution in [3.05, 3.63) is 47.1 Å². The Kier molecular flexibility index (Phi) is 3.66. The SMILES string of the molecule is Cc1sc2ncnc(NCc3nc(-c4ccncc4)n[nH]3)c2c1C.